The van der Waals surface area contributed by atoms with E-state index >= 15 is 0 Å². The third-order valence-electron chi connectivity index (χ3n) is 7.01. The zero-order valence-corrected chi connectivity index (χ0v) is 22.1. The van der Waals surface area contributed by atoms with E-state index in [9.17, 15) is 25.2 Å². The van der Waals surface area contributed by atoms with E-state index in [4.69, 9.17) is 9.15 Å². The smallest absolute Gasteiger partial charge is 0.200 e. The molecule has 2 aromatic carbocycles. The molecular weight excluding hydrogens is 472 g/mol. The third-order valence-corrected chi connectivity index (χ3v) is 7.01. The van der Waals surface area contributed by atoms with Crippen LogP contribution < -0.4 is 10.2 Å². The largest absolute Gasteiger partial charge is 0.508 e. The Labute approximate surface area is 216 Å². The van der Waals surface area contributed by atoms with Gasteiger partial charge in [0.05, 0.1) is 11.7 Å². The Hall–Kier alpha value is -3.71. The van der Waals surface area contributed by atoms with Crippen LogP contribution in [0.15, 0.2) is 50.7 Å². The normalized spacial score (nSPS) is 16.8. The molecular formula is C30H34O7. The van der Waals surface area contributed by atoms with E-state index in [0.29, 0.717) is 23.3 Å². The molecule has 196 valence electrons. The fraction of sp³-hybridized carbons (Fsp3) is 0.367. The van der Waals surface area contributed by atoms with Gasteiger partial charge in [0.15, 0.2) is 0 Å². The van der Waals surface area contributed by atoms with Crippen molar-refractivity contribution in [3.05, 3.63) is 68.4 Å². The maximum atomic E-state index is 14.1. The number of fused-ring (bicyclic) bond motifs is 3. The van der Waals surface area contributed by atoms with Gasteiger partial charge in [-0.25, -0.2) is 0 Å². The molecule has 4 N–H and O–H groups in total. The molecule has 0 aliphatic carbocycles. The van der Waals surface area contributed by atoms with Gasteiger partial charge in [0.2, 0.25) is 5.43 Å². The van der Waals surface area contributed by atoms with Crippen molar-refractivity contribution in [3.8, 4) is 34.3 Å². The molecule has 7 heteroatoms. The number of phenolic OH excluding ortho intramolecular Hbond substituents is 3. The van der Waals surface area contributed by atoms with Gasteiger partial charge in [0.25, 0.3) is 0 Å². The monoisotopic (exact) mass is 506 g/mol. The Morgan fingerprint density at radius 2 is 1.84 bits per heavy atom. The predicted molar refractivity (Wildman–Crippen MR) is 144 cm³/mol. The minimum atomic E-state index is -0.922. The summed E-state index contributed by atoms with van der Waals surface area (Å²) in [6, 6.07) is 4.06. The molecule has 7 nitrogen and oxygen atoms in total. The second-order valence-corrected chi connectivity index (χ2v) is 10.5. The molecule has 0 saturated heterocycles. The second kappa shape index (κ2) is 9.63. The zero-order chi connectivity index (χ0) is 27.2. The van der Waals surface area contributed by atoms with E-state index in [-0.39, 0.29) is 57.9 Å². The maximum Gasteiger partial charge on any atom is 0.200 e. The van der Waals surface area contributed by atoms with Crippen LogP contribution in [0.2, 0.25) is 0 Å². The van der Waals surface area contributed by atoms with Crippen molar-refractivity contribution in [2.24, 2.45) is 0 Å². The molecule has 4 rings (SSSR count). The molecule has 0 amide bonds. The first-order chi connectivity index (χ1) is 17.4. The number of aliphatic hydroxyl groups excluding tert-OH is 1. The van der Waals surface area contributed by atoms with Crippen LogP contribution in [0.25, 0.3) is 22.3 Å². The van der Waals surface area contributed by atoms with E-state index in [1.54, 1.807) is 13.8 Å². The Balaban J connectivity index is 2.17. The summed E-state index contributed by atoms with van der Waals surface area (Å²) in [4.78, 5) is 14.1. The average Bonchev–Trinajstić information content (AvgIpc) is 2.81. The van der Waals surface area contributed by atoms with Gasteiger partial charge >= 0.3 is 0 Å². The number of aliphatic hydroxyl groups is 1. The van der Waals surface area contributed by atoms with Gasteiger partial charge in [0, 0.05) is 35.6 Å². The Morgan fingerprint density at radius 3 is 2.46 bits per heavy atom. The standard InChI is InChI=1S/C30H34O7/c1-7-16(4)12-20-26(35)24-25(34)19(10-8-15(2)3)28-21(14-23(33)30(5,6)37-28)29(24)36-27(20)18-11-9-17(31)13-22(18)32/h7-9,11,13,23,31-34H,10,12,14H2,1-6H3. The van der Waals surface area contributed by atoms with E-state index in [1.165, 1.54) is 18.2 Å². The van der Waals surface area contributed by atoms with E-state index in [1.807, 2.05) is 39.8 Å². The predicted octanol–water partition coefficient (Wildman–Crippen LogP) is 5.67. The van der Waals surface area contributed by atoms with Gasteiger partial charge < -0.3 is 29.6 Å². The number of ether oxygens (including phenoxy) is 1. The molecule has 0 bridgehead atoms. The minimum Gasteiger partial charge on any atom is -0.508 e. The fourth-order valence-corrected chi connectivity index (χ4v) is 4.59. The Bertz CT molecular complexity index is 1500. The lowest BCUT2D eigenvalue weighted by Gasteiger charge is -2.38. The Morgan fingerprint density at radius 1 is 1.14 bits per heavy atom. The summed E-state index contributed by atoms with van der Waals surface area (Å²) in [6.07, 6.45) is 3.65. The third kappa shape index (κ3) is 4.71. The first-order valence-electron chi connectivity index (χ1n) is 12.4. The van der Waals surface area contributed by atoms with Crippen molar-refractivity contribution in [1.29, 1.82) is 0 Å². The highest BCUT2D eigenvalue weighted by molar-refractivity contribution is 5.93. The van der Waals surface area contributed by atoms with Crippen LogP contribution in [0.5, 0.6) is 23.0 Å². The topological polar surface area (TPSA) is 120 Å². The highest BCUT2D eigenvalue weighted by atomic mass is 16.5. The molecule has 0 spiro atoms. The summed E-state index contributed by atoms with van der Waals surface area (Å²) in [7, 11) is 0. The number of aromatic hydroxyl groups is 3. The highest BCUT2D eigenvalue weighted by Crippen LogP contribution is 2.47. The summed E-state index contributed by atoms with van der Waals surface area (Å²) in [5.74, 6) is -0.0766. The summed E-state index contributed by atoms with van der Waals surface area (Å²) in [5, 5.41) is 42.8. The van der Waals surface area contributed by atoms with Crippen LogP contribution in [0.1, 0.15) is 58.2 Å². The molecule has 3 aromatic rings. The molecule has 0 fully saturated rings. The van der Waals surface area contributed by atoms with E-state index in [0.717, 1.165) is 11.1 Å². The minimum absolute atomic E-state index is 0.0207. The van der Waals surface area contributed by atoms with Crippen molar-refractivity contribution in [3.63, 3.8) is 0 Å². The average molecular weight is 507 g/mol. The first kappa shape index (κ1) is 26.4. The summed E-state index contributed by atoms with van der Waals surface area (Å²) >= 11 is 0. The highest BCUT2D eigenvalue weighted by Gasteiger charge is 2.40. The van der Waals surface area contributed by atoms with Crippen LogP contribution >= 0.6 is 0 Å². The van der Waals surface area contributed by atoms with Crippen molar-refractivity contribution in [1.82, 2.24) is 0 Å². The van der Waals surface area contributed by atoms with Gasteiger partial charge in [-0.1, -0.05) is 23.3 Å². The Kier molecular flexibility index (Phi) is 6.86. The molecule has 0 radical (unpaired) electrons. The van der Waals surface area contributed by atoms with Gasteiger partial charge in [0.1, 0.15) is 45.3 Å². The van der Waals surface area contributed by atoms with E-state index in [2.05, 4.69) is 0 Å². The quantitative estimate of drug-likeness (QED) is 0.329. The SMILES string of the molecule is CC=C(C)Cc1c(-c2ccc(O)cc2O)oc2c3c(c(CC=C(C)C)c(O)c2c1=O)OC(C)(C)C(O)C3. The van der Waals surface area contributed by atoms with E-state index < -0.39 is 17.1 Å². The molecule has 1 atom stereocenters. The molecule has 37 heavy (non-hydrogen) atoms. The van der Waals surface area contributed by atoms with Crippen molar-refractivity contribution >= 4 is 11.0 Å². The lowest BCUT2D eigenvalue weighted by molar-refractivity contribution is -0.0415. The molecule has 2 heterocycles. The van der Waals surface area contributed by atoms with Gasteiger partial charge in [-0.2, -0.15) is 0 Å². The van der Waals surface area contributed by atoms with Gasteiger partial charge in [-0.05, 0) is 60.1 Å². The molecule has 0 saturated carbocycles. The van der Waals surface area contributed by atoms with Crippen LogP contribution in [0, 0.1) is 0 Å². The van der Waals surface area contributed by atoms with Gasteiger partial charge in [-0.15, -0.1) is 0 Å². The van der Waals surface area contributed by atoms with Crippen LogP contribution in [-0.2, 0) is 19.3 Å². The number of allylic oxidation sites excluding steroid dienone is 4. The van der Waals surface area contributed by atoms with Crippen molar-refractivity contribution in [2.45, 2.75) is 72.5 Å². The van der Waals surface area contributed by atoms with Crippen LogP contribution in [-0.4, -0.2) is 32.1 Å². The molecule has 1 unspecified atom stereocenters. The van der Waals surface area contributed by atoms with Crippen LogP contribution in [0.4, 0.5) is 0 Å². The number of hydrogen-bond donors (Lipinski definition) is 4. The lowest BCUT2D eigenvalue weighted by atomic mass is 9.86. The zero-order valence-electron chi connectivity index (χ0n) is 22.1. The van der Waals surface area contributed by atoms with Crippen LogP contribution in [0.3, 0.4) is 0 Å². The molecule has 1 aliphatic rings. The number of phenols is 3. The number of hydrogen-bond acceptors (Lipinski definition) is 7. The summed E-state index contributed by atoms with van der Waals surface area (Å²) < 4.78 is 12.6. The lowest BCUT2D eigenvalue weighted by Crippen LogP contribution is -2.46. The van der Waals surface area contributed by atoms with Crippen molar-refractivity contribution < 1.29 is 29.6 Å². The van der Waals surface area contributed by atoms with Crippen molar-refractivity contribution in [2.75, 3.05) is 0 Å². The first-order valence-corrected chi connectivity index (χ1v) is 12.4. The summed E-state index contributed by atoms with van der Waals surface area (Å²) in [5.41, 5.74) is 2.15. The number of rotatable bonds is 5. The number of benzene rings is 2. The second-order valence-electron chi connectivity index (χ2n) is 10.5. The molecule has 1 aromatic heterocycles. The van der Waals surface area contributed by atoms with Gasteiger partial charge in [-0.3, -0.25) is 4.79 Å². The summed E-state index contributed by atoms with van der Waals surface area (Å²) in [6.45, 7) is 11.2. The molecule has 1 aliphatic heterocycles. The maximum absolute atomic E-state index is 14.1. The fourth-order valence-electron chi connectivity index (χ4n) is 4.59.